The fourth-order valence-electron chi connectivity index (χ4n) is 1.66. The first-order chi connectivity index (χ1) is 8.06. The maximum atomic E-state index is 10.2. The molecule has 6 heteroatoms. The van der Waals surface area contributed by atoms with Gasteiger partial charge in [0.2, 0.25) is 0 Å². The smallest absolute Gasteiger partial charge is 0.177 e. The fourth-order valence-corrected chi connectivity index (χ4v) is 2.04. The standard InChI is InChI=1S/C11H13BrN4O/c1-7-3-4-8(12)5-9(7)10(17)6-11-13-15-16(2)14-11/h3-5,10,17H,6H2,1-2H3. The Labute approximate surface area is 108 Å². The SMILES string of the molecule is Cc1ccc(Br)cc1C(O)Cc1nnn(C)n1. The summed E-state index contributed by atoms with van der Waals surface area (Å²) in [5.41, 5.74) is 1.93. The largest absolute Gasteiger partial charge is 0.388 e. The van der Waals surface area contributed by atoms with Gasteiger partial charge in [0.1, 0.15) is 0 Å². The summed E-state index contributed by atoms with van der Waals surface area (Å²) in [6.45, 7) is 1.97. The third-order valence-electron chi connectivity index (χ3n) is 2.53. The van der Waals surface area contributed by atoms with Gasteiger partial charge in [0, 0.05) is 10.9 Å². The van der Waals surface area contributed by atoms with Crippen molar-refractivity contribution in [3.8, 4) is 0 Å². The lowest BCUT2D eigenvalue weighted by Gasteiger charge is -2.12. The number of halogens is 1. The van der Waals surface area contributed by atoms with Crippen LogP contribution < -0.4 is 0 Å². The van der Waals surface area contributed by atoms with E-state index >= 15 is 0 Å². The van der Waals surface area contributed by atoms with Crippen LogP contribution >= 0.6 is 15.9 Å². The highest BCUT2D eigenvalue weighted by molar-refractivity contribution is 9.10. The summed E-state index contributed by atoms with van der Waals surface area (Å²) in [6.07, 6.45) is -0.248. The zero-order valence-corrected chi connectivity index (χ0v) is 11.2. The van der Waals surface area contributed by atoms with Crippen LogP contribution in [-0.4, -0.2) is 25.3 Å². The molecular weight excluding hydrogens is 284 g/mol. The Kier molecular flexibility index (Phi) is 3.54. The minimum Gasteiger partial charge on any atom is -0.388 e. The van der Waals surface area contributed by atoms with E-state index in [0.717, 1.165) is 15.6 Å². The number of aliphatic hydroxyl groups is 1. The summed E-state index contributed by atoms with van der Waals surface area (Å²) >= 11 is 3.40. The van der Waals surface area contributed by atoms with E-state index in [9.17, 15) is 5.11 Å². The van der Waals surface area contributed by atoms with Crippen LogP contribution in [0.25, 0.3) is 0 Å². The Bertz CT molecular complexity index is 526. The second-order valence-corrected chi connectivity index (χ2v) is 4.83. The quantitative estimate of drug-likeness (QED) is 0.933. The molecule has 0 saturated heterocycles. The monoisotopic (exact) mass is 296 g/mol. The number of aryl methyl sites for hydroxylation is 2. The first-order valence-electron chi connectivity index (χ1n) is 5.23. The number of aliphatic hydroxyl groups excluding tert-OH is 1. The van der Waals surface area contributed by atoms with Crippen molar-refractivity contribution in [1.29, 1.82) is 0 Å². The Balaban J connectivity index is 2.19. The molecule has 0 radical (unpaired) electrons. The van der Waals surface area contributed by atoms with Gasteiger partial charge >= 0.3 is 0 Å². The third-order valence-corrected chi connectivity index (χ3v) is 3.02. The zero-order chi connectivity index (χ0) is 12.4. The highest BCUT2D eigenvalue weighted by Gasteiger charge is 2.14. The van der Waals surface area contributed by atoms with E-state index in [1.165, 1.54) is 4.80 Å². The van der Waals surface area contributed by atoms with E-state index in [4.69, 9.17) is 0 Å². The highest BCUT2D eigenvalue weighted by atomic mass is 79.9. The molecule has 1 unspecified atom stereocenters. The summed E-state index contributed by atoms with van der Waals surface area (Å²) in [4.78, 5) is 1.38. The summed E-state index contributed by atoms with van der Waals surface area (Å²) in [5.74, 6) is 0.541. The van der Waals surface area contributed by atoms with Crippen molar-refractivity contribution in [2.24, 2.45) is 7.05 Å². The van der Waals surface area contributed by atoms with Gasteiger partial charge in [-0.25, -0.2) is 0 Å². The molecule has 1 N–H and O–H groups in total. The molecule has 0 bridgehead atoms. The van der Waals surface area contributed by atoms with Crippen molar-refractivity contribution < 1.29 is 5.11 Å². The van der Waals surface area contributed by atoms with Gasteiger partial charge in [-0.15, -0.1) is 10.2 Å². The number of nitrogens with zero attached hydrogens (tertiary/aromatic N) is 4. The molecule has 0 fully saturated rings. The molecule has 1 aromatic carbocycles. The van der Waals surface area contributed by atoms with E-state index in [1.54, 1.807) is 7.05 Å². The second-order valence-electron chi connectivity index (χ2n) is 3.92. The number of hydrogen-bond acceptors (Lipinski definition) is 4. The molecule has 1 aromatic heterocycles. The van der Waals surface area contributed by atoms with Crippen LogP contribution in [0, 0.1) is 6.92 Å². The van der Waals surface area contributed by atoms with Gasteiger partial charge in [-0.3, -0.25) is 0 Å². The third kappa shape index (κ3) is 2.89. The van der Waals surface area contributed by atoms with Crippen LogP contribution in [0.1, 0.15) is 23.1 Å². The predicted octanol–water partition coefficient (Wildman–Crippen LogP) is 1.56. The van der Waals surface area contributed by atoms with E-state index < -0.39 is 6.10 Å². The van der Waals surface area contributed by atoms with Crippen LogP contribution in [0.3, 0.4) is 0 Å². The van der Waals surface area contributed by atoms with Crippen molar-refractivity contribution in [3.05, 3.63) is 39.6 Å². The fraction of sp³-hybridized carbons (Fsp3) is 0.364. The molecule has 0 aliphatic rings. The summed E-state index contributed by atoms with van der Waals surface area (Å²) < 4.78 is 0.948. The molecule has 1 atom stereocenters. The van der Waals surface area contributed by atoms with Crippen LogP contribution in [0.4, 0.5) is 0 Å². The Morgan fingerprint density at radius 2 is 2.24 bits per heavy atom. The molecule has 1 heterocycles. The average Bonchev–Trinajstić information content (AvgIpc) is 2.67. The Morgan fingerprint density at radius 3 is 2.88 bits per heavy atom. The molecular formula is C11H13BrN4O. The molecule has 2 aromatic rings. The molecule has 0 spiro atoms. The van der Waals surface area contributed by atoms with E-state index in [0.29, 0.717) is 12.2 Å². The van der Waals surface area contributed by atoms with Crippen molar-refractivity contribution in [2.75, 3.05) is 0 Å². The first kappa shape index (κ1) is 12.2. The minimum atomic E-state index is -0.614. The molecule has 0 amide bonds. The molecule has 5 nitrogen and oxygen atoms in total. The van der Waals surface area contributed by atoms with Crippen molar-refractivity contribution in [3.63, 3.8) is 0 Å². The van der Waals surface area contributed by atoms with Crippen molar-refractivity contribution >= 4 is 15.9 Å². The van der Waals surface area contributed by atoms with Gasteiger partial charge in [-0.2, -0.15) is 4.80 Å². The first-order valence-corrected chi connectivity index (χ1v) is 6.02. The number of hydrogen-bond donors (Lipinski definition) is 1. The second kappa shape index (κ2) is 4.93. The van der Waals surface area contributed by atoms with Gasteiger partial charge < -0.3 is 5.11 Å². The van der Waals surface area contributed by atoms with Gasteiger partial charge in [0.15, 0.2) is 5.82 Å². The van der Waals surface area contributed by atoms with Crippen molar-refractivity contribution in [2.45, 2.75) is 19.4 Å². The van der Waals surface area contributed by atoms with Crippen LogP contribution in [0.2, 0.25) is 0 Å². The van der Waals surface area contributed by atoms with E-state index in [1.807, 2.05) is 25.1 Å². The normalized spacial score (nSPS) is 12.7. The topological polar surface area (TPSA) is 63.8 Å². The predicted molar refractivity (Wildman–Crippen MR) is 66.3 cm³/mol. The number of benzene rings is 1. The Morgan fingerprint density at radius 1 is 1.47 bits per heavy atom. The molecule has 90 valence electrons. The lowest BCUT2D eigenvalue weighted by Crippen LogP contribution is -2.05. The summed E-state index contributed by atoms with van der Waals surface area (Å²) in [7, 11) is 1.70. The minimum absolute atomic E-state index is 0.366. The Hall–Kier alpha value is -1.27. The van der Waals surface area contributed by atoms with E-state index in [-0.39, 0.29) is 0 Å². The average molecular weight is 297 g/mol. The van der Waals surface area contributed by atoms with Gasteiger partial charge in [0.05, 0.1) is 13.2 Å². The van der Waals surface area contributed by atoms with Gasteiger partial charge in [0.25, 0.3) is 0 Å². The molecule has 0 aliphatic carbocycles. The van der Waals surface area contributed by atoms with Crippen molar-refractivity contribution in [1.82, 2.24) is 20.2 Å². The van der Waals surface area contributed by atoms with E-state index in [2.05, 4.69) is 31.3 Å². The number of rotatable bonds is 3. The lowest BCUT2D eigenvalue weighted by atomic mass is 10.0. The summed E-state index contributed by atoms with van der Waals surface area (Å²) in [5, 5.41) is 21.8. The maximum absolute atomic E-state index is 10.2. The van der Waals surface area contributed by atoms with Crippen LogP contribution in [0.15, 0.2) is 22.7 Å². The van der Waals surface area contributed by atoms with Crippen LogP contribution in [0.5, 0.6) is 0 Å². The number of aromatic nitrogens is 4. The molecule has 0 aliphatic heterocycles. The number of tetrazole rings is 1. The molecule has 0 saturated carbocycles. The molecule has 2 rings (SSSR count). The van der Waals surface area contributed by atoms with Gasteiger partial charge in [-0.05, 0) is 35.4 Å². The zero-order valence-electron chi connectivity index (χ0n) is 9.63. The molecule has 17 heavy (non-hydrogen) atoms. The maximum Gasteiger partial charge on any atom is 0.177 e. The van der Waals surface area contributed by atoms with Crippen LogP contribution in [-0.2, 0) is 13.5 Å². The van der Waals surface area contributed by atoms with Gasteiger partial charge in [-0.1, -0.05) is 22.0 Å². The summed E-state index contributed by atoms with van der Waals surface area (Å²) in [6, 6.07) is 5.83. The highest BCUT2D eigenvalue weighted by Crippen LogP contribution is 2.24. The lowest BCUT2D eigenvalue weighted by molar-refractivity contribution is 0.175.